The lowest BCUT2D eigenvalue weighted by atomic mass is 10.0. The van der Waals surface area contributed by atoms with Gasteiger partial charge in [-0.1, -0.05) is 13.8 Å². The van der Waals surface area contributed by atoms with Gasteiger partial charge < -0.3 is 24.9 Å². The SMILES string of the molecule is CCNC(=NCC(C)(O)c1ccc(C)o1)NCCOCCC(C)C.I. The van der Waals surface area contributed by atoms with Crippen molar-refractivity contribution in [2.45, 2.75) is 46.6 Å². The van der Waals surface area contributed by atoms with Crippen molar-refractivity contribution in [2.75, 3.05) is 32.8 Å². The molecule has 1 aromatic heterocycles. The topological polar surface area (TPSA) is 79.0 Å². The molecule has 1 heterocycles. The van der Waals surface area contributed by atoms with Gasteiger partial charge in [0.05, 0.1) is 13.2 Å². The molecule has 0 bridgehead atoms. The largest absolute Gasteiger partial charge is 0.463 e. The van der Waals surface area contributed by atoms with E-state index in [1.165, 1.54) is 0 Å². The first-order valence-electron chi connectivity index (χ1n) is 8.74. The number of hydrogen-bond donors (Lipinski definition) is 3. The standard InChI is InChI=1S/C18H33N3O3.HI/c1-6-19-17(20-10-12-23-11-9-14(2)3)21-13-18(5,22)16-8-7-15(4)24-16;/h7-8,14,22H,6,9-13H2,1-5H3,(H2,19,20,21);1H. The van der Waals surface area contributed by atoms with Gasteiger partial charge in [-0.25, -0.2) is 4.99 Å². The molecule has 146 valence electrons. The normalized spacial score (nSPS) is 14.1. The highest BCUT2D eigenvalue weighted by atomic mass is 127. The van der Waals surface area contributed by atoms with E-state index in [9.17, 15) is 5.11 Å². The molecule has 6 nitrogen and oxygen atoms in total. The van der Waals surface area contributed by atoms with Crippen LogP contribution < -0.4 is 10.6 Å². The van der Waals surface area contributed by atoms with Crippen molar-refractivity contribution in [3.63, 3.8) is 0 Å². The van der Waals surface area contributed by atoms with Crippen LogP contribution in [0.2, 0.25) is 0 Å². The maximum Gasteiger partial charge on any atom is 0.191 e. The molecule has 0 aromatic carbocycles. The number of nitrogens with zero attached hydrogens (tertiary/aromatic N) is 1. The Morgan fingerprint density at radius 2 is 2.04 bits per heavy atom. The molecule has 1 atom stereocenters. The fourth-order valence-electron chi connectivity index (χ4n) is 2.04. The van der Waals surface area contributed by atoms with E-state index in [0.29, 0.717) is 30.8 Å². The van der Waals surface area contributed by atoms with Gasteiger partial charge in [0.15, 0.2) is 5.96 Å². The fraction of sp³-hybridized carbons (Fsp3) is 0.722. The van der Waals surface area contributed by atoms with Crippen molar-refractivity contribution in [1.82, 2.24) is 10.6 Å². The van der Waals surface area contributed by atoms with Crippen LogP contribution >= 0.6 is 24.0 Å². The third-order valence-electron chi connectivity index (χ3n) is 3.54. The summed E-state index contributed by atoms with van der Waals surface area (Å²) in [6.07, 6.45) is 1.07. The number of rotatable bonds is 10. The maximum absolute atomic E-state index is 10.5. The van der Waals surface area contributed by atoms with Crippen LogP contribution in [0.15, 0.2) is 21.5 Å². The number of halogens is 1. The second-order valence-corrected chi connectivity index (χ2v) is 6.60. The molecule has 7 heteroatoms. The van der Waals surface area contributed by atoms with Gasteiger partial charge in [0.1, 0.15) is 17.1 Å². The lowest BCUT2D eigenvalue weighted by Gasteiger charge is -2.19. The number of hydrogen-bond acceptors (Lipinski definition) is 4. The van der Waals surface area contributed by atoms with Crippen LogP contribution in [-0.4, -0.2) is 43.9 Å². The maximum atomic E-state index is 10.5. The van der Waals surface area contributed by atoms with E-state index in [1.807, 2.05) is 19.9 Å². The second kappa shape index (κ2) is 12.5. The molecule has 1 rings (SSSR count). The molecule has 0 fully saturated rings. The van der Waals surface area contributed by atoms with E-state index in [4.69, 9.17) is 9.15 Å². The molecular weight excluding hydrogens is 433 g/mol. The summed E-state index contributed by atoms with van der Waals surface area (Å²) in [4.78, 5) is 4.45. The third kappa shape index (κ3) is 10.1. The highest BCUT2D eigenvalue weighted by Crippen LogP contribution is 2.22. The van der Waals surface area contributed by atoms with Gasteiger partial charge in [0, 0.05) is 19.7 Å². The van der Waals surface area contributed by atoms with Gasteiger partial charge in [0.25, 0.3) is 0 Å². The van der Waals surface area contributed by atoms with Crippen molar-refractivity contribution in [2.24, 2.45) is 10.9 Å². The summed E-state index contributed by atoms with van der Waals surface area (Å²) < 4.78 is 11.1. The minimum atomic E-state index is -1.13. The van der Waals surface area contributed by atoms with Crippen molar-refractivity contribution >= 4 is 29.9 Å². The first-order valence-corrected chi connectivity index (χ1v) is 8.74. The van der Waals surface area contributed by atoms with E-state index in [-0.39, 0.29) is 30.5 Å². The Morgan fingerprint density at radius 1 is 1.32 bits per heavy atom. The van der Waals surface area contributed by atoms with Crippen LogP contribution in [0, 0.1) is 12.8 Å². The van der Waals surface area contributed by atoms with E-state index >= 15 is 0 Å². The molecule has 0 saturated heterocycles. The zero-order chi connectivity index (χ0) is 18.0. The predicted octanol–water partition coefficient (Wildman–Crippen LogP) is 3.03. The summed E-state index contributed by atoms with van der Waals surface area (Å²) >= 11 is 0. The van der Waals surface area contributed by atoms with E-state index in [0.717, 1.165) is 25.3 Å². The second-order valence-electron chi connectivity index (χ2n) is 6.60. The fourth-order valence-corrected chi connectivity index (χ4v) is 2.04. The number of nitrogens with one attached hydrogen (secondary N) is 2. The molecule has 0 aliphatic heterocycles. The molecule has 0 aliphatic rings. The Balaban J connectivity index is 0.00000576. The van der Waals surface area contributed by atoms with Crippen molar-refractivity contribution in [3.05, 3.63) is 23.7 Å². The highest BCUT2D eigenvalue weighted by Gasteiger charge is 2.26. The van der Waals surface area contributed by atoms with Crippen molar-refractivity contribution < 1.29 is 14.3 Å². The lowest BCUT2D eigenvalue weighted by Crippen LogP contribution is -2.40. The van der Waals surface area contributed by atoms with Crippen LogP contribution in [0.5, 0.6) is 0 Å². The third-order valence-corrected chi connectivity index (χ3v) is 3.54. The molecule has 0 radical (unpaired) electrons. The smallest absolute Gasteiger partial charge is 0.191 e. The number of ether oxygens (including phenoxy) is 1. The zero-order valence-electron chi connectivity index (χ0n) is 16.1. The Kier molecular flexibility index (Phi) is 12.1. The monoisotopic (exact) mass is 467 g/mol. The number of guanidine groups is 1. The zero-order valence-corrected chi connectivity index (χ0v) is 18.4. The number of aliphatic imine (C=N–C) groups is 1. The van der Waals surface area contributed by atoms with E-state index < -0.39 is 5.60 Å². The lowest BCUT2D eigenvalue weighted by molar-refractivity contribution is 0.0428. The summed E-state index contributed by atoms with van der Waals surface area (Å²) in [7, 11) is 0. The van der Waals surface area contributed by atoms with Crippen LogP contribution in [0.1, 0.15) is 45.6 Å². The van der Waals surface area contributed by atoms with Gasteiger partial charge in [-0.3, -0.25) is 0 Å². The van der Waals surface area contributed by atoms with Crippen LogP contribution in [-0.2, 0) is 10.3 Å². The Hall–Kier alpha value is -0.800. The minimum absolute atomic E-state index is 0. The molecule has 1 unspecified atom stereocenters. The summed E-state index contributed by atoms with van der Waals surface area (Å²) in [5.41, 5.74) is -1.13. The average Bonchev–Trinajstić information content (AvgIpc) is 2.95. The Morgan fingerprint density at radius 3 is 2.60 bits per heavy atom. The molecule has 0 amide bonds. The number of aliphatic hydroxyl groups is 1. The number of furan rings is 1. The van der Waals surface area contributed by atoms with Gasteiger partial charge in [-0.05, 0) is 45.2 Å². The Bertz CT molecular complexity index is 502. The van der Waals surface area contributed by atoms with Crippen LogP contribution in [0.3, 0.4) is 0 Å². The molecule has 0 spiro atoms. The van der Waals surface area contributed by atoms with Crippen LogP contribution in [0.4, 0.5) is 0 Å². The van der Waals surface area contributed by atoms with Crippen molar-refractivity contribution in [1.29, 1.82) is 0 Å². The molecule has 25 heavy (non-hydrogen) atoms. The van der Waals surface area contributed by atoms with E-state index in [1.54, 1.807) is 13.0 Å². The first-order chi connectivity index (χ1) is 11.3. The molecular formula is C18H34IN3O3. The van der Waals surface area contributed by atoms with Crippen molar-refractivity contribution in [3.8, 4) is 0 Å². The van der Waals surface area contributed by atoms with Crippen LogP contribution in [0.25, 0.3) is 0 Å². The highest BCUT2D eigenvalue weighted by molar-refractivity contribution is 14.0. The van der Waals surface area contributed by atoms with Gasteiger partial charge >= 0.3 is 0 Å². The molecule has 1 aromatic rings. The molecule has 0 saturated carbocycles. The molecule has 0 aliphatic carbocycles. The summed E-state index contributed by atoms with van der Waals surface area (Å²) in [5.74, 6) is 2.62. The summed E-state index contributed by atoms with van der Waals surface area (Å²) in [6, 6.07) is 3.62. The summed E-state index contributed by atoms with van der Waals surface area (Å²) in [6.45, 7) is 13.0. The van der Waals surface area contributed by atoms with Gasteiger partial charge in [0.2, 0.25) is 0 Å². The Labute approximate surface area is 168 Å². The quantitative estimate of drug-likeness (QED) is 0.213. The van der Waals surface area contributed by atoms with Gasteiger partial charge in [-0.15, -0.1) is 24.0 Å². The van der Waals surface area contributed by atoms with Gasteiger partial charge in [-0.2, -0.15) is 0 Å². The minimum Gasteiger partial charge on any atom is -0.463 e. The first kappa shape index (κ1) is 24.2. The summed E-state index contributed by atoms with van der Waals surface area (Å²) in [5, 5.41) is 16.9. The average molecular weight is 467 g/mol. The number of aryl methyl sites for hydroxylation is 1. The molecule has 3 N–H and O–H groups in total. The van der Waals surface area contributed by atoms with E-state index in [2.05, 4.69) is 29.5 Å². The predicted molar refractivity (Wildman–Crippen MR) is 113 cm³/mol.